The highest BCUT2D eigenvalue weighted by Crippen LogP contribution is 2.21. The zero-order valence-corrected chi connectivity index (χ0v) is 3.90. The van der Waals surface area contributed by atoms with Crippen molar-refractivity contribution < 1.29 is 4.43 Å². The van der Waals surface area contributed by atoms with Gasteiger partial charge in [0.2, 0.25) is 10.5 Å². The highest BCUT2D eigenvalue weighted by Gasteiger charge is 2.18. The van der Waals surface area contributed by atoms with Gasteiger partial charge in [0.1, 0.15) is 0 Å². The van der Waals surface area contributed by atoms with Crippen molar-refractivity contribution in [1.29, 1.82) is 0 Å². The first-order valence-electron chi connectivity index (χ1n) is 1.76. The summed E-state index contributed by atoms with van der Waals surface area (Å²) in [7, 11) is 2.92. The van der Waals surface area contributed by atoms with Crippen LogP contribution < -0.4 is 0 Å². The predicted molar refractivity (Wildman–Crippen MR) is 19.9 cm³/mol. The second-order valence-electron chi connectivity index (χ2n) is 1.32. The maximum Gasteiger partial charge on any atom is 0.246 e. The van der Waals surface area contributed by atoms with E-state index in [1.807, 2.05) is 0 Å². The summed E-state index contributed by atoms with van der Waals surface area (Å²) in [4.78, 5) is 0. The fraction of sp³-hybridized carbons (Fsp3) is 1.00. The highest BCUT2D eigenvalue weighted by atomic mass is 28.2. The van der Waals surface area contributed by atoms with Crippen molar-refractivity contribution in [2.24, 2.45) is 0 Å². The molecule has 2 heteroatoms. The van der Waals surface area contributed by atoms with Crippen LogP contribution in [0.3, 0.4) is 0 Å². The summed E-state index contributed by atoms with van der Waals surface area (Å²) in [5.41, 5.74) is 0. The molecular weight excluding hydrogens is 80.1 g/mol. The van der Waals surface area contributed by atoms with Gasteiger partial charge in [-0.3, -0.25) is 0 Å². The van der Waals surface area contributed by atoms with Gasteiger partial charge in [0.25, 0.3) is 0 Å². The number of hydrogen-bond acceptors (Lipinski definition) is 1. The molecule has 0 aromatic rings. The fourth-order valence-electron chi connectivity index (χ4n) is 0.186. The Labute approximate surface area is 34.9 Å². The van der Waals surface area contributed by atoms with Gasteiger partial charge >= 0.3 is 0 Å². The van der Waals surface area contributed by atoms with Gasteiger partial charge in [0, 0.05) is 6.10 Å². The summed E-state index contributed by atoms with van der Waals surface area (Å²) in [6.07, 6.45) is 3.03. The molecule has 5 heavy (non-hydrogen) atoms. The van der Waals surface area contributed by atoms with Crippen LogP contribution in [-0.4, -0.2) is 16.6 Å². The maximum atomic E-state index is 4.67. The van der Waals surface area contributed by atoms with Crippen LogP contribution in [0.4, 0.5) is 0 Å². The standard InChI is InChI=1S/C3H5OSi/c5-4-3-1-2-3/h3H,1-2H2. The molecule has 0 atom stereocenters. The highest BCUT2D eigenvalue weighted by molar-refractivity contribution is 5.98. The molecule has 0 spiro atoms. The molecule has 0 saturated heterocycles. The monoisotopic (exact) mass is 85.0 g/mol. The third-order valence-electron chi connectivity index (χ3n) is 0.691. The van der Waals surface area contributed by atoms with E-state index in [0.29, 0.717) is 6.10 Å². The molecule has 1 fully saturated rings. The third-order valence-corrected chi connectivity index (χ3v) is 1.02. The van der Waals surface area contributed by atoms with Crippen LogP contribution in [0.2, 0.25) is 0 Å². The first-order valence-corrected chi connectivity index (χ1v) is 2.16. The molecule has 0 heterocycles. The average Bonchev–Trinajstić information content (AvgIpc) is 2.12. The second kappa shape index (κ2) is 1.10. The van der Waals surface area contributed by atoms with Gasteiger partial charge in [-0.2, -0.15) is 0 Å². The largest absolute Gasteiger partial charge is 0.416 e. The van der Waals surface area contributed by atoms with E-state index in [1.165, 1.54) is 12.8 Å². The molecule has 0 aromatic heterocycles. The molecule has 27 valence electrons. The summed E-state index contributed by atoms with van der Waals surface area (Å²) in [5.74, 6) is 0. The number of rotatable bonds is 1. The van der Waals surface area contributed by atoms with E-state index in [1.54, 1.807) is 0 Å². The minimum Gasteiger partial charge on any atom is -0.416 e. The molecule has 1 aliphatic carbocycles. The van der Waals surface area contributed by atoms with Gasteiger partial charge in [-0.15, -0.1) is 0 Å². The Bertz CT molecular complexity index is 33.9. The molecule has 0 aromatic carbocycles. The lowest BCUT2D eigenvalue weighted by atomic mass is 10.9. The van der Waals surface area contributed by atoms with Gasteiger partial charge in [0.15, 0.2) is 0 Å². The van der Waals surface area contributed by atoms with E-state index in [-0.39, 0.29) is 0 Å². The molecule has 0 aliphatic heterocycles. The Hall–Kier alpha value is 0.177. The first-order chi connectivity index (χ1) is 2.43. The van der Waals surface area contributed by atoms with Crippen LogP contribution in [0.1, 0.15) is 12.8 Å². The van der Waals surface area contributed by atoms with E-state index in [4.69, 9.17) is 0 Å². The summed E-state index contributed by atoms with van der Waals surface area (Å²) in [5, 5.41) is 0. The quantitative estimate of drug-likeness (QED) is 0.415. The molecule has 0 unspecified atom stereocenters. The average molecular weight is 85.2 g/mol. The Morgan fingerprint density at radius 2 is 2.20 bits per heavy atom. The van der Waals surface area contributed by atoms with E-state index >= 15 is 0 Å². The van der Waals surface area contributed by atoms with E-state index < -0.39 is 0 Å². The van der Waals surface area contributed by atoms with Crippen LogP contribution >= 0.6 is 0 Å². The van der Waals surface area contributed by atoms with E-state index in [0.717, 1.165) is 0 Å². The van der Waals surface area contributed by atoms with Crippen molar-refractivity contribution in [3.63, 3.8) is 0 Å². The lowest BCUT2D eigenvalue weighted by Crippen LogP contribution is -1.82. The van der Waals surface area contributed by atoms with Gasteiger partial charge < -0.3 is 4.43 Å². The zero-order valence-electron chi connectivity index (χ0n) is 2.90. The molecule has 1 saturated carbocycles. The Kier molecular flexibility index (Phi) is 0.745. The summed E-state index contributed by atoms with van der Waals surface area (Å²) in [6, 6.07) is 0. The van der Waals surface area contributed by atoms with Gasteiger partial charge in [0.05, 0.1) is 0 Å². The third kappa shape index (κ3) is 0.739. The molecule has 0 amide bonds. The Morgan fingerprint density at radius 1 is 1.60 bits per heavy atom. The van der Waals surface area contributed by atoms with Crippen LogP contribution in [0, 0.1) is 0 Å². The SMILES string of the molecule is [Si]OC1CC1. The van der Waals surface area contributed by atoms with Crippen LogP contribution in [0.5, 0.6) is 0 Å². The fourth-order valence-corrected chi connectivity index (χ4v) is 0.422. The lowest BCUT2D eigenvalue weighted by Gasteiger charge is -1.80. The van der Waals surface area contributed by atoms with Crippen molar-refractivity contribution in [3.8, 4) is 0 Å². The topological polar surface area (TPSA) is 9.23 Å². The summed E-state index contributed by atoms with van der Waals surface area (Å²) < 4.78 is 4.67. The molecule has 0 N–H and O–H groups in total. The minimum atomic E-state index is 0.548. The molecule has 3 radical (unpaired) electrons. The van der Waals surface area contributed by atoms with Crippen LogP contribution in [-0.2, 0) is 4.43 Å². The minimum absolute atomic E-state index is 0.548. The van der Waals surface area contributed by atoms with E-state index in [9.17, 15) is 0 Å². The van der Waals surface area contributed by atoms with Crippen LogP contribution in [0.25, 0.3) is 0 Å². The lowest BCUT2D eigenvalue weighted by molar-refractivity contribution is 0.335. The van der Waals surface area contributed by atoms with Gasteiger partial charge in [-0.1, -0.05) is 0 Å². The predicted octanol–water partition coefficient (Wildman–Crippen LogP) is 0.249. The second-order valence-corrected chi connectivity index (χ2v) is 1.55. The zero-order chi connectivity index (χ0) is 3.70. The molecule has 1 nitrogen and oxygen atoms in total. The Morgan fingerprint density at radius 3 is 2.20 bits per heavy atom. The normalized spacial score (nSPS) is 23.4. The van der Waals surface area contributed by atoms with Gasteiger partial charge in [-0.05, 0) is 12.8 Å². The van der Waals surface area contributed by atoms with Crippen molar-refractivity contribution in [1.82, 2.24) is 0 Å². The number of hydrogen-bond donors (Lipinski definition) is 0. The van der Waals surface area contributed by atoms with Crippen molar-refractivity contribution in [2.75, 3.05) is 0 Å². The molecule has 1 aliphatic rings. The summed E-state index contributed by atoms with van der Waals surface area (Å²) >= 11 is 0. The summed E-state index contributed by atoms with van der Waals surface area (Å²) in [6.45, 7) is 0. The molecule has 0 bridgehead atoms. The van der Waals surface area contributed by atoms with Crippen molar-refractivity contribution >= 4 is 10.5 Å². The molecular formula is C3H5OSi. The van der Waals surface area contributed by atoms with Crippen molar-refractivity contribution in [3.05, 3.63) is 0 Å². The Balaban J connectivity index is 2.00. The first kappa shape index (κ1) is 3.37. The smallest absolute Gasteiger partial charge is 0.246 e. The van der Waals surface area contributed by atoms with Gasteiger partial charge in [-0.25, -0.2) is 0 Å². The maximum absolute atomic E-state index is 4.67. The van der Waals surface area contributed by atoms with Crippen molar-refractivity contribution in [2.45, 2.75) is 18.9 Å². The molecule has 1 rings (SSSR count). The van der Waals surface area contributed by atoms with Crippen LogP contribution in [0.15, 0.2) is 0 Å². The van der Waals surface area contributed by atoms with E-state index in [2.05, 4.69) is 14.9 Å².